The number of carbonyl (C=O) groups is 2. The van der Waals surface area contributed by atoms with Crippen LogP contribution in [0, 0.1) is 0 Å². The Kier molecular flexibility index (Phi) is 5.88. The Morgan fingerprint density at radius 1 is 1.15 bits per heavy atom. The summed E-state index contributed by atoms with van der Waals surface area (Å²) >= 11 is 0. The molecule has 0 bridgehead atoms. The summed E-state index contributed by atoms with van der Waals surface area (Å²) in [5.41, 5.74) is 1.75. The molecule has 1 aliphatic rings. The Hall–Kier alpha value is -2.83. The first kappa shape index (κ1) is 18.0. The highest BCUT2D eigenvalue weighted by Crippen LogP contribution is 2.20. The van der Waals surface area contributed by atoms with Gasteiger partial charge in [-0.05, 0) is 43.2 Å². The molecule has 7 nitrogen and oxygen atoms in total. The van der Waals surface area contributed by atoms with Gasteiger partial charge in [-0.2, -0.15) is 5.10 Å². The molecule has 1 saturated carbocycles. The topological polar surface area (TPSA) is 107 Å². The molecule has 1 aliphatic carbocycles. The molecule has 4 N–H and O–H groups in total. The van der Waals surface area contributed by atoms with Crippen molar-refractivity contribution in [1.29, 1.82) is 0 Å². The van der Waals surface area contributed by atoms with Gasteiger partial charge in [-0.25, -0.2) is 0 Å². The molecule has 0 radical (unpaired) electrons. The summed E-state index contributed by atoms with van der Waals surface area (Å²) in [5, 5.41) is 21.9. The van der Waals surface area contributed by atoms with Crippen molar-refractivity contribution in [2.75, 3.05) is 6.54 Å². The summed E-state index contributed by atoms with van der Waals surface area (Å²) in [7, 11) is 0. The number of rotatable bonds is 6. The van der Waals surface area contributed by atoms with E-state index in [0.717, 1.165) is 18.4 Å². The SMILES string of the molecule is O=C(CCNC(=O)c1cc(-c2ccc(O)cc2)n[nH]1)NC1CCCCC1. The summed E-state index contributed by atoms with van der Waals surface area (Å²) in [4.78, 5) is 24.1. The van der Waals surface area contributed by atoms with E-state index in [0.29, 0.717) is 11.4 Å². The maximum absolute atomic E-state index is 12.2. The number of nitrogens with zero attached hydrogens (tertiary/aromatic N) is 1. The Morgan fingerprint density at radius 3 is 2.62 bits per heavy atom. The zero-order valence-corrected chi connectivity index (χ0v) is 14.6. The van der Waals surface area contributed by atoms with Gasteiger partial charge in [0.25, 0.3) is 5.91 Å². The molecule has 0 spiro atoms. The van der Waals surface area contributed by atoms with E-state index in [1.54, 1.807) is 30.3 Å². The van der Waals surface area contributed by atoms with E-state index in [1.807, 2.05) is 0 Å². The molecule has 3 rings (SSSR count). The quantitative estimate of drug-likeness (QED) is 0.637. The molecule has 7 heteroatoms. The molecule has 138 valence electrons. The van der Waals surface area contributed by atoms with Gasteiger partial charge < -0.3 is 15.7 Å². The van der Waals surface area contributed by atoms with Crippen molar-refractivity contribution in [3.63, 3.8) is 0 Å². The first-order chi connectivity index (χ1) is 12.6. The van der Waals surface area contributed by atoms with Crippen LogP contribution < -0.4 is 10.6 Å². The van der Waals surface area contributed by atoms with Gasteiger partial charge in [-0.15, -0.1) is 0 Å². The van der Waals surface area contributed by atoms with Crippen molar-refractivity contribution < 1.29 is 14.7 Å². The van der Waals surface area contributed by atoms with Crippen LogP contribution in [0.15, 0.2) is 30.3 Å². The predicted molar refractivity (Wildman–Crippen MR) is 97.7 cm³/mol. The number of aromatic hydroxyl groups is 1. The number of phenols is 1. The first-order valence-electron chi connectivity index (χ1n) is 9.04. The molecule has 2 amide bonds. The number of aromatic amines is 1. The molecular formula is C19H24N4O3. The Bertz CT molecular complexity index is 748. The third-order valence-electron chi connectivity index (χ3n) is 4.59. The number of phenolic OH excluding ortho intramolecular Hbond substituents is 1. The highest BCUT2D eigenvalue weighted by molar-refractivity contribution is 5.93. The number of hydrogen-bond donors (Lipinski definition) is 4. The lowest BCUT2D eigenvalue weighted by molar-refractivity contribution is -0.121. The summed E-state index contributed by atoms with van der Waals surface area (Å²) in [5.74, 6) is -0.145. The van der Waals surface area contributed by atoms with Crippen molar-refractivity contribution in [3.05, 3.63) is 36.0 Å². The van der Waals surface area contributed by atoms with Crippen LogP contribution in [0.5, 0.6) is 5.75 Å². The van der Waals surface area contributed by atoms with Crippen LogP contribution >= 0.6 is 0 Å². The lowest BCUT2D eigenvalue weighted by Gasteiger charge is -2.22. The maximum Gasteiger partial charge on any atom is 0.269 e. The van der Waals surface area contributed by atoms with Gasteiger partial charge in [-0.1, -0.05) is 19.3 Å². The largest absolute Gasteiger partial charge is 0.508 e. The van der Waals surface area contributed by atoms with E-state index >= 15 is 0 Å². The molecule has 1 aromatic carbocycles. The second kappa shape index (κ2) is 8.51. The second-order valence-corrected chi connectivity index (χ2v) is 6.62. The number of H-pyrrole nitrogens is 1. The van der Waals surface area contributed by atoms with E-state index in [1.165, 1.54) is 19.3 Å². The van der Waals surface area contributed by atoms with Crippen molar-refractivity contribution in [2.45, 2.75) is 44.6 Å². The third-order valence-corrected chi connectivity index (χ3v) is 4.59. The van der Waals surface area contributed by atoms with Crippen LogP contribution in [-0.2, 0) is 4.79 Å². The minimum Gasteiger partial charge on any atom is -0.508 e. The minimum absolute atomic E-state index is 0.0217. The van der Waals surface area contributed by atoms with Crippen LogP contribution in [0.25, 0.3) is 11.3 Å². The van der Waals surface area contributed by atoms with E-state index < -0.39 is 0 Å². The van der Waals surface area contributed by atoms with Crippen molar-refractivity contribution >= 4 is 11.8 Å². The van der Waals surface area contributed by atoms with Crippen LogP contribution in [0.2, 0.25) is 0 Å². The summed E-state index contributed by atoms with van der Waals surface area (Å²) in [6.45, 7) is 0.283. The third kappa shape index (κ3) is 4.84. The molecule has 0 saturated heterocycles. The number of nitrogens with one attached hydrogen (secondary N) is 3. The fraction of sp³-hybridized carbons (Fsp3) is 0.421. The van der Waals surface area contributed by atoms with Gasteiger partial charge in [0.05, 0.1) is 5.69 Å². The zero-order valence-electron chi connectivity index (χ0n) is 14.6. The summed E-state index contributed by atoms with van der Waals surface area (Å²) in [6, 6.07) is 8.51. The fourth-order valence-electron chi connectivity index (χ4n) is 3.15. The molecule has 1 heterocycles. The van der Waals surface area contributed by atoms with Crippen molar-refractivity contribution in [1.82, 2.24) is 20.8 Å². The Morgan fingerprint density at radius 2 is 1.88 bits per heavy atom. The van der Waals surface area contributed by atoms with Gasteiger partial charge in [0.2, 0.25) is 5.91 Å². The lowest BCUT2D eigenvalue weighted by Crippen LogP contribution is -2.38. The Labute approximate surface area is 152 Å². The van der Waals surface area contributed by atoms with Crippen molar-refractivity contribution in [2.24, 2.45) is 0 Å². The number of hydrogen-bond acceptors (Lipinski definition) is 4. The van der Waals surface area contributed by atoms with Gasteiger partial charge in [0.15, 0.2) is 0 Å². The van der Waals surface area contributed by atoms with Gasteiger partial charge in [0.1, 0.15) is 11.4 Å². The maximum atomic E-state index is 12.2. The smallest absolute Gasteiger partial charge is 0.269 e. The molecule has 2 aromatic rings. The van der Waals surface area contributed by atoms with Gasteiger partial charge in [0, 0.05) is 24.6 Å². The number of amides is 2. The van der Waals surface area contributed by atoms with Gasteiger partial charge >= 0.3 is 0 Å². The monoisotopic (exact) mass is 356 g/mol. The number of carbonyl (C=O) groups excluding carboxylic acids is 2. The fourth-order valence-corrected chi connectivity index (χ4v) is 3.15. The van der Waals surface area contributed by atoms with Crippen LogP contribution in [0.4, 0.5) is 0 Å². The standard InChI is InChI=1S/C19H24N4O3/c24-15-8-6-13(7-9-15)16-12-17(23-22-16)19(26)20-11-10-18(25)21-14-4-2-1-3-5-14/h6-9,12,14,24H,1-5,10-11H2,(H,20,26)(H,21,25)(H,22,23). The van der Waals surface area contributed by atoms with Gasteiger partial charge in [-0.3, -0.25) is 14.7 Å². The summed E-state index contributed by atoms with van der Waals surface area (Å²) in [6.07, 6.45) is 5.95. The minimum atomic E-state index is -0.298. The molecule has 26 heavy (non-hydrogen) atoms. The molecule has 0 aliphatic heterocycles. The Balaban J connectivity index is 1.45. The van der Waals surface area contributed by atoms with E-state index in [-0.39, 0.29) is 36.6 Å². The lowest BCUT2D eigenvalue weighted by atomic mass is 9.95. The zero-order chi connectivity index (χ0) is 18.4. The highest BCUT2D eigenvalue weighted by Gasteiger charge is 2.16. The van der Waals surface area contributed by atoms with E-state index in [4.69, 9.17) is 0 Å². The molecule has 0 unspecified atom stereocenters. The van der Waals surface area contributed by atoms with Crippen LogP contribution in [0.3, 0.4) is 0 Å². The van der Waals surface area contributed by atoms with E-state index in [9.17, 15) is 14.7 Å². The van der Waals surface area contributed by atoms with E-state index in [2.05, 4.69) is 20.8 Å². The average Bonchev–Trinajstić information content (AvgIpc) is 3.13. The van der Waals surface area contributed by atoms with Crippen LogP contribution in [-0.4, -0.2) is 39.7 Å². The molecule has 1 fully saturated rings. The molecule has 0 atom stereocenters. The average molecular weight is 356 g/mol. The van der Waals surface area contributed by atoms with Crippen molar-refractivity contribution in [3.8, 4) is 17.0 Å². The number of aromatic nitrogens is 2. The predicted octanol–water partition coefficient (Wildman–Crippen LogP) is 2.35. The highest BCUT2D eigenvalue weighted by atomic mass is 16.3. The summed E-state index contributed by atoms with van der Waals surface area (Å²) < 4.78 is 0. The molecule has 1 aromatic heterocycles. The normalized spacial score (nSPS) is 14.8. The molecular weight excluding hydrogens is 332 g/mol. The number of benzene rings is 1. The second-order valence-electron chi connectivity index (χ2n) is 6.62. The van der Waals surface area contributed by atoms with Crippen LogP contribution in [0.1, 0.15) is 49.0 Å². The first-order valence-corrected chi connectivity index (χ1v) is 9.04.